The van der Waals surface area contributed by atoms with Crippen molar-refractivity contribution in [1.82, 2.24) is 9.97 Å². The molecule has 0 unspecified atom stereocenters. The lowest BCUT2D eigenvalue weighted by molar-refractivity contribution is -0.141. The first-order valence-electron chi connectivity index (χ1n) is 6.48. The summed E-state index contributed by atoms with van der Waals surface area (Å²) < 4.78 is 44.2. The largest absolute Gasteiger partial charge is 0.438 e. The summed E-state index contributed by atoms with van der Waals surface area (Å²) in [6.45, 7) is 0. The van der Waals surface area contributed by atoms with Crippen LogP contribution in [0.2, 0.25) is 0 Å². The number of alkyl halides is 3. The van der Waals surface area contributed by atoms with Crippen molar-refractivity contribution >= 4 is 16.6 Å². The normalized spacial score (nSPS) is 11.6. The molecule has 0 saturated carbocycles. The zero-order valence-electron chi connectivity index (χ0n) is 11.5. The zero-order valence-corrected chi connectivity index (χ0v) is 11.5. The van der Waals surface area contributed by atoms with Gasteiger partial charge in [0, 0.05) is 35.9 Å². The van der Waals surface area contributed by atoms with Crippen LogP contribution in [0.4, 0.5) is 18.9 Å². The van der Waals surface area contributed by atoms with Gasteiger partial charge in [0.15, 0.2) is 5.69 Å². The third-order valence-electron chi connectivity index (χ3n) is 3.15. The fraction of sp³-hybridized carbons (Fsp3) is 0.133. The van der Waals surface area contributed by atoms with Gasteiger partial charge in [0.1, 0.15) is 5.75 Å². The molecular weight excluding hydrogens is 295 g/mol. The quantitative estimate of drug-likeness (QED) is 0.753. The first-order valence-corrected chi connectivity index (χ1v) is 6.48. The molecule has 0 spiro atoms. The molecule has 2 N–H and O–H groups in total. The van der Waals surface area contributed by atoms with Crippen molar-refractivity contribution in [2.75, 3.05) is 12.4 Å². The molecule has 0 atom stereocenters. The monoisotopic (exact) mass is 307 g/mol. The minimum absolute atomic E-state index is 0.118. The van der Waals surface area contributed by atoms with Gasteiger partial charge in [-0.2, -0.15) is 13.2 Å². The summed E-state index contributed by atoms with van der Waals surface area (Å²) in [5.74, 6) is 0.320. The maximum atomic E-state index is 12.9. The van der Waals surface area contributed by atoms with Gasteiger partial charge in [-0.1, -0.05) is 6.07 Å². The molecule has 0 saturated heterocycles. The van der Waals surface area contributed by atoms with Gasteiger partial charge in [0.25, 0.3) is 0 Å². The van der Waals surface area contributed by atoms with Crippen molar-refractivity contribution in [3.63, 3.8) is 0 Å². The van der Waals surface area contributed by atoms with E-state index in [1.54, 1.807) is 24.4 Å². The van der Waals surface area contributed by atoms with E-state index in [2.05, 4.69) is 15.3 Å². The van der Waals surface area contributed by atoms with E-state index in [-0.39, 0.29) is 11.6 Å². The van der Waals surface area contributed by atoms with Crippen LogP contribution < -0.4 is 10.1 Å². The predicted octanol–water partition coefficient (Wildman–Crippen LogP) is 4.42. The lowest BCUT2D eigenvalue weighted by Gasteiger charge is -2.12. The van der Waals surface area contributed by atoms with Crippen LogP contribution in [-0.4, -0.2) is 17.0 Å². The van der Waals surface area contributed by atoms with Gasteiger partial charge in [-0.25, -0.2) is 4.98 Å². The smallest absolute Gasteiger partial charge is 0.433 e. The van der Waals surface area contributed by atoms with Crippen LogP contribution in [0.1, 0.15) is 5.69 Å². The van der Waals surface area contributed by atoms with Crippen molar-refractivity contribution in [3.8, 4) is 11.6 Å². The third kappa shape index (κ3) is 2.69. The number of anilines is 1. The van der Waals surface area contributed by atoms with E-state index in [0.29, 0.717) is 5.75 Å². The molecule has 7 heteroatoms. The number of fused-ring (bicyclic) bond motifs is 1. The summed E-state index contributed by atoms with van der Waals surface area (Å²) in [4.78, 5) is 6.55. The maximum absolute atomic E-state index is 12.9. The second kappa shape index (κ2) is 5.25. The lowest BCUT2D eigenvalue weighted by atomic mass is 10.2. The number of hydrogen-bond donors (Lipinski definition) is 2. The van der Waals surface area contributed by atoms with Crippen molar-refractivity contribution in [1.29, 1.82) is 0 Å². The first-order chi connectivity index (χ1) is 10.5. The van der Waals surface area contributed by atoms with Crippen LogP contribution in [-0.2, 0) is 6.18 Å². The Kier molecular flexibility index (Phi) is 3.40. The molecule has 0 aliphatic carbocycles. The molecule has 2 aromatic heterocycles. The van der Waals surface area contributed by atoms with Gasteiger partial charge < -0.3 is 15.0 Å². The Balaban J connectivity index is 2.03. The summed E-state index contributed by atoms with van der Waals surface area (Å²) in [6.07, 6.45) is -2.80. The topological polar surface area (TPSA) is 49.9 Å². The minimum Gasteiger partial charge on any atom is -0.438 e. The number of benzene rings is 1. The average Bonchev–Trinajstić information content (AvgIpc) is 2.95. The number of nitrogens with zero attached hydrogens (tertiary/aromatic N) is 1. The van der Waals surface area contributed by atoms with Gasteiger partial charge >= 0.3 is 6.18 Å². The van der Waals surface area contributed by atoms with Crippen LogP contribution in [0.3, 0.4) is 0 Å². The molecule has 114 valence electrons. The van der Waals surface area contributed by atoms with Crippen LogP contribution in [0, 0.1) is 0 Å². The van der Waals surface area contributed by atoms with E-state index in [1.807, 2.05) is 6.07 Å². The number of halogens is 3. The number of nitrogens with one attached hydrogen (secondary N) is 2. The minimum atomic E-state index is -4.54. The van der Waals surface area contributed by atoms with Crippen LogP contribution >= 0.6 is 0 Å². The molecule has 0 amide bonds. The van der Waals surface area contributed by atoms with E-state index in [4.69, 9.17) is 4.74 Å². The Morgan fingerprint density at radius 2 is 2.00 bits per heavy atom. The SMILES string of the molecule is CNc1cc(Oc2cccc3[nH]ccc23)nc(C(F)(F)F)c1. The second-order valence-corrected chi connectivity index (χ2v) is 4.62. The molecule has 0 radical (unpaired) electrons. The maximum Gasteiger partial charge on any atom is 0.433 e. The molecule has 1 aromatic carbocycles. The number of rotatable bonds is 3. The Labute approximate surface area is 123 Å². The van der Waals surface area contributed by atoms with E-state index >= 15 is 0 Å². The molecule has 3 aromatic rings. The molecule has 4 nitrogen and oxygen atoms in total. The molecule has 0 aliphatic rings. The highest BCUT2D eigenvalue weighted by Gasteiger charge is 2.33. The van der Waals surface area contributed by atoms with E-state index in [1.165, 1.54) is 13.1 Å². The number of aromatic amines is 1. The number of hydrogen-bond acceptors (Lipinski definition) is 3. The Bertz CT molecular complexity index is 811. The van der Waals surface area contributed by atoms with E-state index < -0.39 is 11.9 Å². The summed E-state index contributed by atoms with van der Waals surface area (Å²) in [7, 11) is 1.53. The average molecular weight is 307 g/mol. The molecule has 0 fully saturated rings. The number of ether oxygens (including phenoxy) is 1. The van der Waals surface area contributed by atoms with Gasteiger partial charge in [-0.15, -0.1) is 0 Å². The standard InChI is InChI=1S/C15H12F3N3O/c1-19-9-7-13(15(16,17)18)21-14(8-9)22-12-4-2-3-11-10(12)5-6-20-11/h2-8,20H,1H3,(H,19,21). The lowest BCUT2D eigenvalue weighted by Crippen LogP contribution is -2.09. The predicted molar refractivity (Wildman–Crippen MR) is 77.2 cm³/mol. The molecule has 22 heavy (non-hydrogen) atoms. The van der Waals surface area contributed by atoms with Gasteiger partial charge in [-0.3, -0.25) is 0 Å². The fourth-order valence-corrected chi connectivity index (χ4v) is 2.11. The number of pyridine rings is 1. The van der Waals surface area contributed by atoms with Crippen molar-refractivity contribution in [2.45, 2.75) is 6.18 Å². The third-order valence-corrected chi connectivity index (χ3v) is 3.15. The van der Waals surface area contributed by atoms with Gasteiger partial charge in [-0.05, 0) is 24.3 Å². The van der Waals surface area contributed by atoms with Gasteiger partial charge in [0.05, 0.1) is 0 Å². The highest BCUT2D eigenvalue weighted by molar-refractivity contribution is 5.85. The number of H-pyrrole nitrogens is 1. The van der Waals surface area contributed by atoms with Gasteiger partial charge in [0.2, 0.25) is 5.88 Å². The number of aromatic nitrogens is 2. The first kappa shape index (κ1) is 14.2. The van der Waals surface area contributed by atoms with E-state index in [0.717, 1.165) is 17.0 Å². The van der Waals surface area contributed by atoms with Crippen LogP contribution in [0.25, 0.3) is 10.9 Å². The highest BCUT2D eigenvalue weighted by atomic mass is 19.4. The molecule has 3 rings (SSSR count). The second-order valence-electron chi connectivity index (χ2n) is 4.62. The molecule has 0 bridgehead atoms. The Morgan fingerprint density at radius 3 is 2.73 bits per heavy atom. The molecular formula is C15H12F3N3O. The Morgan fingerprint density at radius 1 is 1.18 bits per heavy atom. The van der Waals surface area contributed by atoms with E-state index in [9.17, 15) is 13.2 Å². The Hall–Kier alpha value is -2.70. The molecule has 2 heterocycles. The highest BCUT2D eigenvalue weighted by Crippen LogP contribution is 2.34. The van der Waals surface area contributed by atoms with Crippen molar-refractivity contribution in [3.05, 3.63) is 48.3 Å². The summed E-state index contributed by atoms with van der Waals surface area (Å²) in [6, 6.07) is 9.42. The van der Waals surface area contributed by atoms with Crippen molar-refractivity contribution in [2.24, 2.45) is 0 Å². The summed E-state index contributed by atoms with van der Waals surface area (Å²) in [5, 5.41) is 3.44. The molecule has 0 aliphatic heterocycles. The van der Waals surface area contributed by atoms with Crippen molar-refractivity contribution < 1.29 is 17.9 Å². The fourth-order valence-electron chi connectivity index (χ4n) is 2.11. The zero-order chi connectivity index (χ0) is 15.7. The summed E-state index contributed by atoms with van der Waals surface area (Å²) >= 11 is 0. The van der Waals surface area contributed by atoms with Crippen LogP contribution in [0.15, 0.2) is 42.6 Å². The van der Waals surface area contributed by atoms with Crippen LogP contribution in [0.5, 0.6) is 11.6 Å². The summed E-state index contributed by atoms with van der Waals surface area (Å²) in [5.41, 5.74) is 0.104.